The Hall–Kier alpha value is -2.41. The normalized spacial score (nSPS) is 25.0. The van der Waals surface area contributed by atoms with Crippen molar-refractivity contribution in [2.45, 2.75) is 31.8 Å². The fourth-order valence-electron chi connectivity index (χ4n) is 4.44. The first-order valence-electron chi connectivity index (χ1n) is 10.6. The molecule has 4 rings (SSSR count). The maximum Gasteiger partial charge on any atom is 0.251 e. The Kier molecular flexibility index (Phi) is 6.13. The van der Waals surface area contributed by atoms with E-state index in [9.17, 15) is 14.4 Å². The molecule has 0 radical (unpaired) electrons. The second-order valence-corrected chi connectivity index (χ2v) is 8.13. The Bertz CT molecular complexity index is 740. The average molecular weight is 399 g/mol. The van der Waals surface area contributed by atoms with E-state index < -0.39 is 0 Å². The van der Waals surface area contributed by atoms with Crippen LogP contribution in [0.4, 0.5) is 0 Å². The van der Waals surface area contributed by atoms with Crippen molar-refractivity contribution in [3.05, 3.63) is 35.9 Å². The molecule has 3 saturated heterocycles. The summed E-state index contributed by atoms with van der Waals surface area (Å²) >= 11 is 0. The van der Waals surface area contributed by atoms with Gasteiger partial charge in [-0.05, 0) is 24.8 Å². The number of carbonyl (C=O) groups excluding carboxylic acids is 3. The summed E-state index contributed by atoms with van der Waals surface area (Å²) in [5.41, 5.74) is 1.20. The quantitative estimate of drug-likeness (QED) is 0.739. The molecule has 3 heterocycles. The van der Waals surface area contributed by atoms with Gasteiger partial charge in [-0.3, -0.25) is 14.4 Å². The number of amides is 3. The van der Waals surface area contributed by atoms with Crippen LogP contribution in [-0.4, -0.2) is 84.4 Å². The molecule has 3 aliphatic rings. The highest BCUT2D eigenvalue weighted by atomic mass is 16.5. The fraction of sp³-hybridized carbons (Fsp3) is 0.591. The molecule has 1 aromatic rings. The number of hydrogen-bond acceptors (Lipinski definition) is 4. The molecular formula is C22H29N3O4. The Morgan fingerprint density at radius 2 is 1.69 bits per heavy atom. The SMILES string of the molecule is O=C1C[C@H](C(=O)N2CCN(C(=O)[C@H]3CCCO3)CC2)CN1CCc1ccccc1. The number of rotatable bonds is 5. The third-order valence-electron chi connectivity index (χ3n) is 6.19. The van der Waals surface area contributed by atoms with E-state index in [1.165, 1.54) is 5.56 Å². The molecular weight excluding hydrogens is 370 g/mol. The highest BCUT2D eigenvalue weighted by Crippen LogP contribution is 2.22. The van der Waals surface area contributed by atoms with Crippen LogP contribution in [0.2, 0.25) is 0 Å². The van der Waals surface area contributed by atoms with Crippen LogP contribution in [0.25, 0.3) is 0 Å². The molecule has 3 fully saturated rings. The lowest BCUT2D eigenvalue weighted by Crippen LogP contribution is -2.54. The second kappa shape index (κ2) is 8.95. The largest absolute Gasteiger partial charge is 0.368 e. The molecule has 156 valence electrons. The number of likely N-dealkylation sites (tertiary alicyclic amines) is 1. The Morgan fingerprint density at radius 3 is 2.34 bits per heavy atom. The van der Waals surface area contributed by atoms with Gasteiger partial charge in [0.15, 0.2) is 0 Å². The van der Waals surface area contributed by atoms with Gasteiger partial charge in [0, 0.05) is 52.3 Å². The van der Waals surface area contributed by atoms with E-state index in [0.717, 1.165) is 19.3 Å². The van der Waals surface area contributed by atoms with Crippen molar-refractivity contribution in [3.63, 3.8) is 0 Å². The predicted octanol–water partition coefficient (Wildman–Crippen LogP) is 0.927. The molecule has 0 aliphatic carbocycles. The minimum atomic E-state index is -0.303. The van der Waals surface area contributed by atoms with E-state index in [-0.39, 0.29) is 29.7 Å². The zero-order valence-electron chi connectivity index (χ0n) is 16.8. The van der Waals surface area contributed by atoms with Gasteiger partial charge in [-0.25, -0.2) is 0 Å². The van der Waals surface area contributed by atoms with E-state index in [1.54, 1.807) is 0 Å². The van der Waals surface area contributed by atoms with Gasteiger partial charge in [0.25, 0.3) is 5.91 Å². The van der Waals surface area contributed by atoms with Gasteiger partial charge in [0.2, 0.25) is 11.8 Å². The lowest BCUT2D eigenvalue weighted by Gasteiger charge is -2.36. The molecule has 7 nitrogen and oxygen atoms in total. The summed E-state index contributed by atoms with van der Waals surface area (Å²) in [4.78, 5) is 43.2. The first kappa shape index (κ1) is 19.9. The highest BCUT2D eigenvalue weighted by Gasteiger charge is 2.38. The zero-order valence-corrected chi connectivity index (χ0v) is 16.8. The van der Waals surface area contributed by atoms with E-state index in [2.05, 4.69) is 12.1 Å². The van der Waals surface area contributed by atoms with Gasteiger partial charge in [0.05, 0.1) is 5.92 Å². The standard InChI is InChI=1S/C22H29N3O4/c26-20-15-18(16-25(20)9-8-17-5-2-1-3-6-17)21(27)23-10-12-24(13-11-23)22(28)19-7-4-14-29-19/h1-3,5-6,18-19H,4,7-16H2/t18-,19+/m0/s1. The minimum absolute atomic E-state index is 0.0461. The third-order valence-corrected chi connectivity index (χ3v) is 6.19. The predicted molar refractivity (Wildman–Crippen MR) is 107 cm³/mol. The van der Waals surface area contributed by atoms with Gasteiger partial charge in [-0.2, -0.15) is 0 Å². The van der Waals surface area contributed by atoms with Crippen LogP contribution in [0.3, 0.4) is 0 Å². The van der Waals surface area contributed by atoms with Crippen LogP contribution in [0.1, 0.15) is 24.8 Å². The van der Waals surface area contributed by atoms with Crippen molar-refractivity contribution in [1.82, 2.24) is 14.7 Å². The Balaban J connectivity index is 1.25. The fourth-order valence-corrected chi connectivity index (χ4v) is 4.44. The van der Waals surface area contributed by atoms with Gasteiger partial charge in [-0.15, -0.1) is 0 Å². The van der Waals surface area contributed by atoms with Gasteiger partial charge < -0.3 is 19.4 Å². The maximum atomic E-state index is 12.9. The first-order valence-corrected chi connectivity index (χ1v) is 10.6. The van der Waals surface area contributed by atoms with Crippen molar-refractivity contribution in [1.29, 1.82) is 0 Å². The lowest BCUT2D eigenvalue weighted by molar-refractivity contribution is -0.147. The molecule has 7 heteroatoms. The van der Waals surface area contributed by atoms with Gasteiger partial charge in [-0.1, -0.05) is 30.3 Å². The molecule has 0 saturated carbocycles. The molecule has 3 aliphatic heterocycles. The van der Waals surface area contributed by atoms with E-state index in [1.807, 2.05) is 32.9 Å². The summed E-state index contributed by atoms with van der Waals surface area (Å²) in [5, 5.41) is 0. The Labute approximate surface area is 171 Å². The summed E-state index contributed by atoms with van der Waals surface area (Å²) in [5.74, 6) is -0.104. The molecule has 0 unspecified atom stereocenters. The maximum absolute atomic E-state index is 12.9. The Morgan fingerprint density at radius 1 is 1.00 bits per heavy atom. The van der Waals surface area contributed by atoms with Crippen LogP contribution in [0.5, 0.6) is 0 Å². The lowest BCUT2D eigenvalue weighted by atomic mass is 10.1. The van der Waals surface area contributed by atoms with Crippen molar-refractivity contribution >= 4 is 17.7 Å². The second-order valence-electron chi connectivity index (χ2n) is 8.13. The number of hydrogen-bond donors (Lipinski definition) is 0. The summed E-state index contributed by atoms with van der Waals surface area (Å²) < 4.78 is 5.49. The number of benzene rings is 1. The zero-order chi connectivity index (χ0) is 20.2. The summed E-state index contributed by atoms with van der Waals surface area (Å²) in [6.07, 6.45) is 2.52. The van der Waals surface area contributed by atoms with Gasteiger partial charge in [0.1, 0.15) is 6.10 Å². The molecule has 0 spiro atoms. The van der Waals surface area contributed by atoms with Crippen LogP contribution in [0.15, 0.2) is 30.3 Å². The van der Waals surface area contributed by atoms with Crippen LogP contribution in [-0.2, 0) is 25.5 Å². The molecule has 29 heavy (non-hydrogen) atoms. The smallest absolute Gasteiger partial charge is 0.251 e. The van der Waals surface area contributed by atoms with Crippen molar-refractivity contribution in [2.24, 2.45) is 5.92 Å². The van der Waals surface area contributed by atoms with E-state index >= 15 is 0 Å². The number of carbonyl (C=O) groups is 3. The van der Waals surface area contributed by atoms with Crippen molar-refractivity contribution in [3.8, 4) is 0 Å². The monoisotopic (exact) mass is 399 g/mol. The summed E-state index contributed by atoms with van der Waals surface area (Å²) in [6, 6.07) is 10.1. The molecule has 0 aromatic heterocycles. The topological polar surface area (TPSA) is 70.2 Å². The number of piperazine rings is 1. The van der Waals surface area contributed by atoms with Gasteiger partial charge >= 0.3 is 0 Å². The molecule has 3 amide bonds. The number of ether oxygens (including phenoxy) is 1. The van der Waals surface area contributed by atoms with Crippen LogP contribution >= 0.6 is 0 Å². The van der Waals surface area contributed by atoms with Crippen molar-refractivity contribution in [2.75, 3.05) is 45.9 Å². The molecule has 0 N–H and O–H groups in total. The summed E-state index contributed by atoms with van der Waals surface area (Å²) in [6.45, 7) is 3.96. The molecule has 2 atom stereocenters. The molecule has 1 aromatic carbocycles. The highest BCUT2D eigenvalue weighted by molar-refractivity contribution is 5.89. The summed E-state index contributed by atoms with van der Waals surface area (Å²) in [7, 11) is 0. The van der Waals surface area contributed by atoms with Crippen LogP contribution < -0.4 is 0 Å². The van der Waals surface area contributed by atoms with Crippen molar-refractivity contribution < 1.29 is 19.1 Å². The molecule has 0 bridgehead atoms. The first-order chi connectivity index (χ1) is 14.1. The number of nitrogens with zero attached hydrogens (tertiary/aromatic N) is 3. The third kappa shape index (κ3) is 4.61. The van der Waals surface area contributed by atoms with E-state index in [4.69, 9.17) is 4.74 Å². The average Bonchev–Trinajstić information content (AvgIpc) is 3.42. The minimum Gasteiger partial charge on any atom is -0.368 e. The van der Waals surface area contributed by atoms with E-state index in [0.29, 0.717) is 52.3 Å². The van der Waals surface area contributed by atoms with Crippen LogP contribution in [0, 0.1) is 5.92 Å².